The summed E-state index contributed by atoms with van der Waals surface area (Å²) in [5.74, 6) is -7.12. The van der Waals surface area contributed by atoms with E-state index in [-0.39, 0.29) is 148 Å². The van der Waals surface area contributed by atoms with Gasteiger partial charge in [0, 0.05) is 83.2 Å². The number of thioether (sulfide) groups is 1. The van der Waals surface area contributed by atoms with Crippen molar-refractivity contribution in [1.29, 1.82) is 0 Å². The second-order valence-electron chi connectivity index (χ2n) is 25.4. The Hall–Kier alpha value is -6.22. The molecule has 28 nitrogen and oxygen atoms in total. The van der Waals surface area contributed by atoms with Crippen molar-refractivity contribution in [2.24, 2.45) is 23.7 Å². The number of carbonyl (C=O) groups excluding carboxylic acids is 9. The van der Waals surface area contributed by atoms with Crippen LogP contribution in [0.1, 0.15) is 147 Å². The van der Waals surface area contributed by atoms with Crippen LogP contribution in [0.15, 0.2) is 23.6 Å². The maximum Gasteiger partial charge on any atom is 0.306 e. The fourth-order valence-electron chi connectivity index (χ4n) is 10.4. The summed E-state index contributed by atoms with van der Waals surface area (Å²) in [5.41, 5.74) is -0.439. The van der Waals surface area contributed by atoms with E-state index in [9.17, 15) is 58.2 Å². The number of thiazole rings is 1. The normalized spacial score (nSPS) is 15.5. The molecule has 1 fully saturated rings. The smallest absolute Gasteiger partial charge is 0.306 e. The lowest BCUT2D eigenvalue weighted by Gasteiger charge is -2.38. The molecule has 6 N–H and O–H groups in total. The van der Waals surface area contributed by atoms with E-state index in [0.29, 0.717) is 90.9 Å². The highest BCUT2D eigenvalue weighted by Gasteiger charge is 2.40. The molecule has 30 heteroatoms. The van der Waals surface area contributed by atoms with Gasteiger partial charge in [-0.05, 0) is 102 Å². The largest absolute Gasteiger partial charge is 0.506 e. The number of imide groups is 1. The molecule has 554 valence electrons. The molecule has 1 aromatic carbocycles. The van der Waals surface area contributed by atoms with Crippen LogP contribution in [-0.4, -0.2) is 251 Å². The summed E-state index contributed by atoms with van der Waals surface area (Å²) in [6.07, 6.45) is 2.42. The summed E-state index contributed by atoms with van der Waals surface area (Å²) in [6, 6.07) is 1.83. The Kier molecular flexibility index (Phi) is 40.6. The first kappa shape index (κ1) is 86.0. The van der Waals surface area contributed by atoms with Gasteiger partial charge in [-0.15, -0.1) is 11.3 Å². The zero-order chi connectivity index (χ0) is 72.9. The number of benzene rings is 1. The van der Waals surface area contributed by atoms with E-state index in [1.807, 2.05) is 60.5 Å². The highest BCUT2D eigenvalue weighted by Crippen LogP contribution is 2.34. The molecule has 0 aliphatic carbocycles. The van der Waals surface area contributed by atoms with E-state index in [1.54, 1.807) is 31.4 Å². The molecule has 0 saturated carbocycles. The molecule has 3 rings (SSSR count). The van der Waals surface area contributed by atoms with Crippen molar-refractivity contribution in [3.63, 3.8) is 0 Å². The molecule has 2 aromatic rings. The van der Waals surface area contributed by atoms with Gasteiger partial charge in [0.2, 0.25) is 35.4 Å². The first-order valence-electron chi connectivity index (χ1n) is 33.7. The van der Waals surface area contributed by atoms with Crippen LogP contribution in [0.25, 0.3) is 0 Å². The van der Waals surface area contributed by atoms with Gasteiger partial charge in [0.25, 0.3) is 5.91 Å². The lowest BCUT2D eigenvalue weighted by Crippen LogP contribution is -2.50. The number of methoxy groups -OCH3 is 1. The number of carboxylic acid groups (broad SMARTS) is 1. The van der Waals surface area contributed by atoms with E-state index in [2.05, 4.69) is 26.3 Å². The number of esters is 1. The lowest BCUT2D eigenvalue weighted by molar-refractivity contribution is -0.150. The number of phenols is 1. The third-order valence-corrected chi connectivity index (χ3v) is 19.0. The number of aliphatic carboxylic acids is 1. The number of likely N-dealkylation sites (N-methyl/N-ethyl adjacent to an activating group) is 1. The van der Waals surface area contributed by atoms with Crippen molar-refractivity contribution in [2.75, 3.05) is 139 Å². The summed E-state index contributed by atoms with van der Waals surface area (Å²) in [6.45, 7) is 19.0. The summed E-state index contributed by atoms with van der Waals surface area (Å²) in [5, 5.41) is 33.5. The first-order valence-corrected chi connectivity index (χ1v) is 35.9. The monoisotopic (exact) mass is 1420 g/mol. The topological polar surface area (TPSA) is 356 Å². The minimum absolute atomic E-state index is 0.00887. The van der Waals surface area contributed by atoms with Gasteiger partial charge in [-0.2, -0.15) is 11.8 Å². The highest BCUT2D eigenvalue weighted by atomic mass is 32.2. The number of likely N-dealkylation sites (tertiary alicyclic amines) is 1. The predicted octanol–water partition coefficient (Wildman–Crippen LogP) is 5.47. The zero-order valence-corrected chi connectivity index (χ0v) is 61.4. The Morgan fingerprint density at radius 3 is 1.96 bits per heavy atom. The molecule has 0 radical (unpaired) electrons. The number of ether oxygens (including phenoxy) is 8. The molecule has 1 aliphatic heterocycles. The molecule has 0 bridgehead atoms. The third kappa shape index (κ3) is 31.1. The number of aromatic hydroxyl groups is 1. The van der Waals surface area contributed by atoms with Crippen LogP contribution in [0.2, 0.25) is 0 Å². The molecule has 7 amide bonds. The molecular weight excluding hydrogens is 1310 g/mol. The van der Waals surface area contributed by atoms with Gasteiger partial charge in [0.15, 0.2) is 11.9 Å². The number of nitrogens with zero attached hydrogens (tertiary/aromatic N) is 4. The van der Waals surface area contributed by atoms with Crippen LogP contribution in [0.4, 0.5) is 5.69 Å². The van der Waals surface area contributed by atoms with Gasteiger partial charge in [0.1, 0.15) is 29.1 Å². The van der Waals surface area contributed by atoms with Crippen LogP contribution < -0.4 is 21.3 Å². The summed E-state index contributed by atoms with van der Waals surface area (Å²) in [7, 11) is 6.94. The minimum Gasteiger partial charge on any atom is -0.506 e. The number of amides is 7. The first-order chi connectivity index (χ1) is 46.6. The van der Waals surface area contributed by atoms with Gasteiger partial charge in [-0.3, -0.25) is 57.7 Å². The van der Waals surface area contributed by atoms with Gasteiger partial charge in [0.05, 0.1) is 102 Å². The van der Waals surface area contributed by atoms with E-state index >= 15 is 0 Å². The number of hydrogen-bond acceptors (Lipinski definition) is 23. The number of carboxylic acids is 1. The van der Waals surface area contributed by atoms with Crippen molar-refractivity contribution in [3.8, 4) is 5.75 Å². The van der Waals surface area contributed by atoms with E-state index in [4.69, 9.17) is 37.9 Å². The molecular formula is C68H110N8O20S2. The van der Waals surface area contributed by atoms with Crippen LogP contribution in [0.5, 0.6) is 5.75 Å². The summed E-state index contributed by atoms with van der Waals surface area (Å²) < 4.78 is 43.4. The minimum atomic E-state index is -1.16. The van der Waals surface area contributed by atoms with Crippen LogP contribution >= 0.6 is 23.1 Å². The molecule has 2 unspecified atom stereocenters. The Bertz CT molecular complexity index is 2830. The molecule has 1 aromatic heterocycles. The van der Waals surface area contributed by atoms with Crippen molar-refractivity contribution in [2.45, 2.75) is 161 Å². The summed E-state index contributed by atoms with van der Waals surface area (Å²) in [4.78, 5) is 142. The maximum atomic E-state index is 14.5. The molecule has 1 aliphatic rings. The summed E-state index contributed by atoms with van der Waals surface area (Å²) >= 11 is 2.35. The van der Waals surface area contributed by atoms with Gasteiger partial charge in [-0.25, -0.2) is 4.98 Å². The van der Waals surface area contributed by atoms with Crippen molar-refractivity contribution >= 4 is 87.9 Å². The van der Waals surface area contributed by atoms with Crippen LogP contribution in [0.3, 0.4) is 0 Å². The Morgan fingerprint density at radius 2 is 1.42 bits per heavy atom. The second-order valence-corrected chi connectivity index (χ2v) is 27.3. The average Bonchev–Trinajstić information content (AvgIpc) is 1.21. The molecule has 1 saturated heterocycles. The van der Waals surface area contributed by atoms with E-state index in [1.165, 1.54) is 43.1 Å². The standard InChI is InChI=1S/C68H110N8O20S2/c1-14-45(4)50(39-58(79)68(7,8)74(9)10)65(85)75(11)54(44(2)3)40-56(96-47(6)77)64-73-53(43-98-64)63(84)70-49(36-46(5)67(87)88)37-48-20-21-55(78)52(38-48)72-62(83)51(71-59(80)19-17-23-76-61(82)41-57(97-13)66(76)86)18-15-16-22-69-60(81)42-95-35-34-94-33-32-93-31-30-92-29-28-91-27-26-90-25-24-89-12/h20-21,38,43-46,49-51,54,56-57,78H,14-19,22-37,39-42H2,1-13H3,(H,69,81)(H,70,84)(H,71,80)(H,72,83)(H,87,88)/t45-,46?,49+,50-,51-,54+,56+,57?/m0/s1. The number of phenolic OH excluding ortho intramolecular Hbond substituents is 1. The molecule has 0 spiro atoms. The van der Waals surface area contributed by atoms with Gasteiger partial charge >= 0.3 is 11.9 Å². The second kappa shape index (κ2) is 46.3. The Labute approximate surface area is 586 Å². The maximum absolute atomic E-state index is 14.5. The quantitative estimate of drug-likeness (QED) is 0.0207. The molecule has 2 heterocycles. The number of nitrogens with one attached hydrogen (secondary N) is 4. The zero-order valence-electron chi connectivity index (χ0n) is 59.7. The highest BCUT2D eigenvalue weighted by molar-refractivity contribution is 8.00. The Balaban J connectivity index is 1.68. The van der Waals surface area contributed by atoms with Crippen molar-refractivity contribution in [3.05, 3.63) is 39.8 Å². The predicted molar refractivity (Wildman–Crippen MR) is 370 cm³/mol. The number of ketones is 1. The number of rotatable bonds is 53. The fourth-order valence-corrected chi connectivity index (χ4v) is 11.9. The number of aromatic nitrogens is 1. The van der Waals surface area contributed by atoms with E-state index < -0.39 is 76.5 Å². The van der Waals surface area contributed by atoms with Gasteiger partial charge in [-0.1, -0.05) is 47.1 Å². The van der Waals surface area contributed by atoms with Crippen molar-refractivity contribution < 1.29 is 96.1 Å². The Morgan fingerprint density at radius 1 is 0.816 bits per heavy atom. The number of unbranched alkanes of at least 4 members (excludes halogenated alkanes) is 1. The fraction of sp³-hybridized carbons (Fsp3) is 0.721. The number of carbonyl (C=O) groups is 10. The van der Waals surface area contributed by atoms with E-state index in [0.717, 1.165) is 16.2 Å². The lowest BCUT2D eigenvalue weighted by atomic mass is 9.81. The molecule has 98 heavy (non-hydrogen) atoms. The average molecular weight is 1420 g/mol. The molecule has 8 atom stereocenters. The third-order valence-electron chi connectivity index (χ3n) is 17.1. The van der Waals surface area contributed by atoms with Crippen LogP contribution in [-0.2, 0) is 87.5 Å². The number of Topliss-reactive ketones (excluding diaryl/α,β-unsaturated/α-hetero) is 1. The van der Waals surface area contributed by atoms with Crippen LogP contribution in [0, 0.1) is 23.7 Å². The van der Waals surface area contributed by atoms with Crippen molar-refractivity contribution in [1.82, 2.24) is 35.6 Å². The SMILES string of the molecule is CC[C@H](C)[C@H](CC(=O)C(C)(C)N(C)C)C(=O)N(C)[C@H](C[C@@H](OC(C)=O)c1nc(C(=O)N[C@@H](Cc2ccc(O)c(NC(=O)[C@H](CCCCNC(=O)COCCOCCOCCOCCOCCOCCOC)NC(=O)CCCN3C(=O)CC(SC)C3=O)c2)CC(C)C(=O)O)cs1)C(C)C. The number of hydrogen-bond donors (Lipinski definition) is 6. The van der Waals surface area contributed by atoms with Gasteiger partial charge < -0.3 is 74.3 Å². The number of anilines is 1.